The molecule has 1 amide bonds. The molecule has 0 aliphatic heterocycles. The van der Waals surface area contributed by atoms with E-state index >= 15 is 0 Å². The van der Waals surface area contributed by atoms with Gasteiger partial charge in [0.1, 0.15) is 15.5 Å². The number of fused-ring (bicyclic) bond motifs is 1. The number of hydrogen-bond donors (Lipinski definition) is 2. The minimum absolute atomic E-state index is 0.375. The fourth-order valence-corrected chi connectivity index (χ4v) is 3.89. The normalized spacial score (nSPS) is 14.0. The molecule has 0 saturated heterocycles. The number of pyridine rings is 1. The Morgan fingerprint density at radius 1 is 1.29 bits per heavy atom. The Bertz CT molecular complexity index is 943. The van der Waals surface area contributed by atoms with Crippen molar-refractivity contribution in [2.75, 3.05) is 12.8 Å². The van der Waals surface area contributed by atoms with E-state index in [0.717, 1.165) is 45.6 Å². The molecule has 2 aromatic heterocycles. The summed E-state index contributed by atoms with van der Waals surface area (Å²) in [4.78, 5) is 17.5. The highest BCUT2D eigenvalue weighted by Crippen LogP contribution is 2.45. The van der Waals surface area contributed by atoms with Gasteiger partial charge >= 0.3 is 0 Å². The van der Waals surface area contributed by atoms with Gasteiger partial charge in [-0.3, -0.25) is 4.79 Å². The third kappa shape index (κ3) is 2.39. The van der Waals surface area contributed by atoms with Crippen LogP contribution in [0.3, 0.4) is 0 Å². The molecule has 1 saturated carbocycles. The quantitative estimate of drug-likeness (QED) is 0.760. The molecule has 24 heavy (non-hydrogen) atoms. The highest BCUT2D eigenvalue weighted by atomic mass is 32.1. The molecule has 1 fully saturated rings. The summed E-state index contributed by atoms with van der Waals surface area (Å²) in [7, 11) is 1.64. The van der Waals surface area contributed by atoms with Gasteiger partial charge in [-0.2, -0.15) is 0 Å². The zero-order valence-corrected chi connectivity index (χ0v) is 14.0. The predicted molar refractivity (Wildman–Crippen MR) is 96.5 cm³/mol. The zero-order chi connectivity index (χ0) is 16.8. The molecule has 2 heterocycles. The molecule has 0 unspecified atom stereocenters. The fourth-order valence-electron chi connectivity index (χ4n) is 2.91. The molecule has 3 aromatic rings. The van der Waals surface area contributed by atoms with Gasteiger partial charge in [0.2, 0.25) is 0 Å². The van der Waals surface area contributed by atoms with Gasteiger partial charge in [-0.05, 0) is 42.2 Å². The van der Waals surface area contributed by atoms with Crippen LogP contribution in [-0.2, 0) is 0 Å². The number of hydrogen-bond acceptors (Lipinski definition) is 5. The lowest BCUT2D eigenvalue weighted by Gasteiger charge is -2.09. The number of ether oxygens (including phenoxy) is 1. The van der Waals surface area contributed by atoms with Gasteiger partial charge in [-0.25, -0.2) is 4.98 Å². The standard InChI is InChI=1S/C18H17N3O2S/c1-23-11-6-4-9(5-7-11)12-8-13(10-2-3-10)21-18-14(12)15(19)16(24-18)17(20)22/h4-8,10H,2-3,19H2,1H3,(H2,20,22). The zero-order valence-electron chi connectivity index (χ0n) is 13.2. The van der Waals surface area contributed by atoms with E-state index in [-0.39, 0.29) is 0 Å². The molecular weight excluding hydrogens is 322 g/mol. The molecule has 0 spiro atoms. The van der Waals surface area contributed by atoms with E-state index in [1.165, 1.54) is 11.3 Å². The number of nitrogen functional groups attached to an aromatic ring is 1. The van der Waals surface area contributed by atoms with Crippen molar-refractivity contribution < 1.29 is 9.53 Å². The van der Waals surface area contributed by atoms with Crippen molar-refractivity contribution in [2.45, 2.75) is 18.8 Å². The lowest BCUT2D eigenvalue weighted by Crippen LogP contribution is -2.10. The highest BCUT2D eigenvalue weighted by molar-refractivity contribution is 7.21. The summed E-state index contributed by atoms with van der Waals surface area (Å²) >= 11 is 1.27. The number of amides is 1. The molecule has 5 nitrogen and oxygen atoms in total. The average molecular weight is 339 g/mol. The molecule has 0 radical (unpaired) electrons. The van der Waals surface area contributed by atoms with Crippen LogP contribution in [-0.4, -0.2) is 18.0 Å². The number of benzene rings is 1. The monoisotopic (exact) mass is 339 g/mol. The topological polar surface area (TPSA) is 91.2 Å². The summed E-state index contributed by atoms with van der Waals surface area (Å²) in [5, 5.41) is 0.809. The second kappa shape index (κ2) is 5.49. The van der Waals surface area contributed by atoms with E-state index in [2.05, 4.69) is 6.07 Å². The van der Waals surface area contributed by atoms with Crippen LogP contribution in [0.2, 0.25) is 0 Å². The first kappa shape index (κ1) is 15.0. The van der Waals surface area contributed by atoms with Gasteiger partial charge in [-0.15, -0.1) is 11.3 Å². The van der Waals surface area contributed by atoms with Crippen molar-refractivity contribution in [3.05, 3.63) is 40.9 Å². The number of rotatable bonds is 4. The molecule has 1 aliphatic carbocycles. The summed E-state index contributed by atoms with van der Waals surface area (Å²) < 4.78 is 5.23. The lowest BCUT2D eigenvalue weighted by atomic mass is 10.0. The summed E-state index contributed by atoms with van der Waals surface area (Å²) in [5.74, 6) is 0.790. The molecule has 4 rings (SSSR count). The first-order valence-electron chi connectivity index (χ1n) is 7.75. The van der Waals surface area contributed by atoms with Gasteiger partial charge < -0.3 is 16.2 Å². The molecular formula is C18H17N3O2S. The van der Waals surface area contributed by atoms with Gasteiger partial charge in [0.05, 0.1) is 12.8 Å². The van der Waals surface area contributed by atoms with Gasteiger partial charge in [0.15, 0.2) is 0 Å². The van der Waals surface area contributed by atoms with Crippen molar-refractivity contribution in [3.63, 3.8) is 0 Å². The van der Waals surface area contributed by atoms with Crippen molar-refractivity contribution in [1.82, 2.24) is 4.98 Å². The second-order valence-electron chi connectivity index (χ2n) is 5.99. The Kier molecular flexibility index (Phi) is 3.42. The minimum Gasteiger partial charge on any atom is -0.497 e. The Hall–Kier alpha value is -2.60. The van der Waals surface area contributed by atoms with Crippen molar-refractivity contribution in [2.24, 2.45) is 5.73 Å². The third-order valence-corrected chi connectivity index (χ3v) is 5.45. The molecule has 6 heteroatoms. The van der Waals surface area contributed by atoms with E-state index in [4.69, 9.17) is 21.2 Å². The molecule has 1 aromatic carbocycles. The van der Waals surface area contributed by atoms with Crippen LogP contribution in [0.1, 0.15) is 34.1 Å². The van der Waals surface area contributed by atoms with Gasteiger partial charge in [0, 0.05) is 17.0 Å². The number of methoxy groups -OCH3 is 1. The third-order valence-electron chi connectivity index (χ3n) is 4.34. The van der Waals surface area contributed by atoms with E-state index in [9.17, 15) is 4.79 Å². The molecule has 0 bridgehead atoms. The summed E-state index contributed by atoms with van der Waals surface area (Å²) in [5.41, 5.74) is 15.2. The lowest BCUT2D eigenvalue weighted by molar-refractivity contribution is 0.100. The first-order chi connectivity index (χ1) is 11.6. The Labute approximate surface area is 143 Å². The van der Waals surface area contributed by atoms with Crippen LogP contribution in [0.5, 0.6) is 5.75 Å². The van der Waals surface area contributed by atoms with E-state index < -0.39 is 5.91 Å². The fraction of sp³-hybridized carbons (Fsp3) is 0.222. The van der Waals surface area contributed by atoms with Gasteiger partial charge in [0.25, 0.3) is 5.91 Å². The molecule has 1 aliphatic rings. The Morgan fingerprint density at radius 3 is 2.58 bits per heavy atom. The second-order valence-corrected chi connectivity index (χ2v) is 6.99. The smallest absolute Gasteiger partial charge is 0.260 e. The van der Waals surface area contributed by atoms with Gasteiger partial charge in [-0.1, -0.05) is 12.1 Å². The number of nitrogens with two attached hydrogens (primary N) is 2. The average Bonchev–Trinajstić information content (AvgIpc) is 3.38. The Morgan fingerprint density at radius 2 is 2.00 bits per heavy atom. The Balaban J connectivity index is 1.98. The minimum atomic E-state index is -0.510. The summed E-state index contributed by atoms with van der Waals surface area (Å²) in [6.45, 7) is 0. The molecule has 0 atom stereocenters. The first-order valence-corrected chi connectivity index (χ1v) is 8.57. The van der Waals surface area contributed by atoms with Crippen LogP contribution < -0.4 is 16.2 Å². The van der Waals surface area contributed by atoms with Crippen molar-refractivity contribution >= 4 is 33.1 Å². The maximum Gasteiger partial charge on any atom is 0.260 e. The maximum absolute atomic E-state index is 11.7. The SMILES string of the molecule is COc1ccc(-c2cc(C3CC3)nc3sc(C(N)=O)c(N)c23)cc1. The van der Waals surface area contributed by atoms with E-state index in [1.54, 1.807) is 7.11 Å². The number of thiophene rings is 1. The van der Waals surface area contributed by atoms with Crippen molar-refractivity contribution in [3.8, 4) is 16.9 Å². The summed E-state index contributed by atoms with van der Waals surface area (Å²) in [6.07, 6.45) is 2.31. The van der Waals surface area contributed by atoms with E-state index in [1.807, 2.05) is 24.3 Å². The predicted octanol–water partition coefficient (Wildman–Crippen LogP) is 3.53. The van der Waals surface area contributed by atoms with E-state index in [0.29, 0.717) is 16.5 Å². The largest absolute Gasteiger partial charge is 0.497 e. The number of carbonyl (C=O) groups excluding carboxylic acids is 1. The highest BCUT2D eigenvalue weighted by Gasteiger charge is 2.28. The van der Waals surface area contributed by atoms with Crippen LogP contribution in [0, 0.1) is 0 Å². The van der Waals surface area contributed by atoms with Crippen LogP contribution in [0.15, 0.2) is 30.3 Å². The molecule has 4 N–H and O–H groups in total. The number of carbonyl (C=O) groups is 1. The van der Waals surface area contributed by atoms with Crippen LogP contribution in [0.25, 0.3) is 21.3 Å². The van der Waals surface area contributed by atoms with Crippen molar-refractivity contribution in [1.29, 1.82) is 0 Å². The number of primary amides is 1. The van der Waals surface area contributed by atoms with Crippen LogP contribution in [0.4, 0.5) is 5.69 Å². The van der Waals surface area contributed by atoms with Crippen LogP contribution >= 0.6 is 11.3 Å². The molecule has 122 valence electrons. The number of anilines is 1. The maximum atomic E-state index is 11.7. The number of nitrogens with zero attached hydrogens (tertiary/aromatic N) is 1. The number of aromatic nitrogens is 1. The summed E-state index contributed by atoms with van der Waals surface area (Å²) in [6, 6.07) is 9.90.